The molecule has 15 heavy (non-hydrogen) atoms. The average Bonchev–Trinajstić information content (AvgIpc) is 2.27. The lowest BCUT2D eigenvalue weighted by atomic mass is 10.1. The summed E-state index contributed by atoms with van der Waals surface area (Å²) in [6.45, 7) is 0. The number of carbonyl (C=O) groups is 2. The van der Waals surface area contributed by atoms with Gasteiger partial charge in [0.1, 0.15) is 6.29 Å². The Morgan fingerprint density at radius 3 is 2.67 bits per heavy atom. The van der Waals surface area contributed by atoms with Crippen molar-refractivity contribution in [3.05, 3.63) is 23.3 Å². The standard InChI is InChI=1S/C11H8O4/c1-15-10-6-8(7-13)5-9(11(10)14)3-2-4-12/h4-7,14H,1H3. The molecule has 4 heteroatoms. The number of hydrogen-bond acceptors (Lipinski definition) is 4. The van der Waals surface area contributed by atoms with Crippen LogP contribution in [0.3, 0.4) is 0 Å². The molecule has 1 aromatic rings. The lowest BCUT2D eigenvalue weighted by Crippen LogP contribution is -1.90. The van der Waals surface area contributed by atoms with Crippen LogP contribution in [0.4, 0.5) is 0 Å². The van der Waals surface area contributed by atoms with Gasteiger partial charge in [0.2, 0.25) is 0 Å². The number of benzene rings is 1. The fourth-order valence-electron chi connectivity index (χ4n) is 1.06. The fourth-order valence-corrected chi connectivity index (χ4v) is 1.06. The molecule has 0 aliphatic heterocycles. The number of carbonyl (C=O) groups excluding carboxylic acids is 2. The molecule has 0 bridgehead atoms. The van der Waals surface area contributed by atoms with E-state index in [4.69, 9.17) is 4.74 Å². The van der Waals surface area contributed by atoms with Crippen molar-refractivity contribution < 1.29 is 19.4 Å². The lowest BCUT2D eigenvalue weighted by molar-refractivity contribution is -0.103. The third kappa shape index (κ3) is 2.35. The highest BCUT2D eigenvalue weighted by atomic mass is 16.5. The molecule has 0 saturated heterocycles. The molecule has 0 atom stereocenters. The zero-order valence-electron chi connectivity index (χ0n) is 7.98. The van der Waals surface area contributed by atoms with E-state index in [9.17, 15) is 14.7 Å². The number of rotatable bonds is 2. The van der Waals surface area contributed by atoms with Gasteiger partial charge in [-0.15, -0.1) is 0 Å². The smallest absolute Gasteiger partial charge is 0.193 e. The van der Waals surface area contributed by atoms with Gasteiger partial charge < -0.3 is 9.84 Å². The molecule has 0 aliphatic rings. The quantitative estimate of drug-likeness (QED) is 0.570. The number of aldehydes is 2. The van der Waals surface area contributed by atoms with E-state index < -0.39 is 0 Å². The van der Waals surface area contributed by atoms with Crippen molar-refractivity contribution in [1.29, 1.82) is 0 Å². The Kier molecular flexibility index (Phi) is 3.47. The van der Waals surface area contributed by atoms with E-state index in [0.29, 0.717) is 18.1 Å². The van der Waals surface area contributed by atoms with Gasteiger partial charge in [0.05, 0.1) is 12.7 Å². The molecule has 1 N–H and O–H groups in total. The van der Waals surface area contributed by atoms with E-state index in [-0.39, 0.29) is 17.1 Å². The lowest BCUT2D eigenvalue weighted by Gasteiger charge is -2.05. The predicted octanol–water partition coefficient (Wildman–Crippen LogP) is 0.764. The minimum Gasteiger partial charge on any atom is -0.503 e. The second kappa shape index (κ2) is 4.82. The van der Waals surface area contributed by atoms with Crippen molar-refractivity contribution in [1.82, 2.24) is 0 Å². The molecule has 0 unspecified atom stereocenters. The summed E-state index contributed by atoms with van der Waals surface area (Å²) < 4.78 is 4.84. The van der Waals surface area contributed by atoms with Crippen LogP contribution in [0.1, 0.15) is 15.9 Å². The molecule has 0 amide bonds. The molecule has 0 aromatic heterocycles. The molecular weight excluding hydrogens is 196 g/mol. The summed E-state index contributed by atoms with van der Waals surface area (Å²) in [6, 6.07) is 2.76. The van der Waals surface area contributed by atoms with Gasteiger partial charge in [0.15, 0.2) is 17.8 Å². The van der Waals surface area contributed by atoms with Gasteiger partial charge in [-0.1, -0.05) is 5.92 Å². The van der Waals surface area contributed by atoms with E-state index in [1.54, 1.807) is 0 Å². The van der Waals surface area contributed by atoms with Crippen LogP contribution in [0.5, 0.6) is 11.5 Å². The fraction of sp³-hybridized carbons (Fsp3) is 0.0909. The zero-order chi connectivity index (χ0) is 11.3. The summed E-state index contributed by atoms with van der Waals surface area (Å²) >= 11 is 0. The first-order valence-electron chi connectivity index (χ1n) is 4.04. The maximum Gasteiger partial charge on any atom is 0.193 e. The van der Waals surface area contributed by atoms with Crippen molar-refractivity contribution in [2.75, 3.05) is 7.11 Å². The normalized spacial score (nSPS) is 8.60. The second-order valence-corrected chi connectivity index (χ2v) is 2.62. The first-order chi connectivity index (χ1) is 7.22. The van der Waals surface area contributed by atoms with Gasteiger partial charge >= 0.3 is 0 Å². The maximum atomic E-state index is 10.6. The minimum absolute atomic E-state index is 0.148. The van der Waals surface area contributed by atoms with Crippen molar-refractivity contribution in [2.24, 2.45) is 0 Å². The third-order valence-electron chi connectivity index (χ3n) is 1.72. The average molecular weight is 204 g/mol. The monoisotopic (exact) mass is 204 g/mol. The molecule has 0 spiro atoms. The van der Waals surface area contributed by atoms with Crippen LogP contribution in [0.15, 0.2) is 12.1 Å². The molecule has 4 nitrogen and oxygen atoms in total. The van der Waals surface area contributed by atoms with Crippen LogP contribution in [0, 0.1) is 11.8 Å². The van der Waals surface area contributed by atoms with Gasteiger partial charge in [0.25, 0.3) is 0 Å². The second-order valence-electron chi connectivity index (χ2n) is 2.62. The number of aromatic hydroxyl groups is 1. The van der Waals surface area contributed by atoms with Crippen molar-refractivity contribution >= 4 is 12.6 Å². The first kappa shape index (κ1) is 10.8. The third-order valence-corrected chi connectivity index (χ3v) is 1.72. The van der Waals surface area contributed by atoms with Crippen molar-refractivity contribution in [3.8, 4) is 23.3 Å². The Hall–Kier alpha value is -2.28. The summed E-state index contributed by atoms with van der Waals surface area (Å²) in [5.41, 5.74) is 0.503. The zero-order valence-corrected chi connectivity index (χ0v) is 7.98. The highest BCUT2D eigenvalue weighted by Crippen LogP contribution is 2.30. The Morgan fingerprint density at radius 2 is 2.13 bits per heavy atom. The van der Waals surface area contributed by atoms with E-state index in [0.717, 1.165) is 0 Å². The molecule has 76 valence electrons. The van der Waals surface area contributed by atoms with Crippen LogP contribution in [0.2, 0.25) is 0 Å². The van der Waals surface area contributed by atoms with E-state index >= 15 is 0 Å². The van der Waals surface area contributed by atoms with Crippen LogP contribution >= 0.6 is 0 Å². The van der Waals surface area contributed by atoms with Crippen molar-refractivity contribution in [2.45, 2.75) is 0 Å². The summed E-state index contributed by atoms with van der Waals surface area (Å²) in [6.07, 6.45) is 1.01. The Bertz CT molecular complexity index is 452. The molecule has 0 saturated carbocycles. The molecule has 1 aromatic carbocycles. The summed E-state index contributed by atoms with van der Waals surface area (Å²) in [5, 5.41) is 9.58. The number of phenolic OH excluding ortho intramolecular Hbond substituents is 1. The van der Waals surface area contributed by atoms with Gasteiger partial charge in [-0.2, -0.15) is 0 Å². The van der Waals surface area contributed by atoms with E-state index in [2.05, 4.69) is 11.8 Å². The van der Waals surface area contributed by atoms with E-state index in [1.165, 1.54) is 19.2 Å². The van der Waals surface area contributed by atoms with Crippen LogP contribution in [0.25, 0.3) is 0 Å². The number of hydrogen-bond donors (Lipinski definition) is 1. The Morgan fingerprint density at radius 1 is 1.40 bits per heavy atom. The topological polar surface area (TPSA) is 63.6 Å². The molecule has 0 aliphatic carbocycles. The van der Waals surface area contributed by atoms with Gasteiger partial charge in [-0.3, -0.25) is 9.59 Å². The van der Waals surface area contributed by atoms with Crippen molar-refractivity contribution in [3.63, 3.8) is 0 Å². The van der Waals surface area contributed by atoms with Crippen LogP contribution in [-0.4, -0.2) is 24.8 Å². The van der Waals surface area contributed by atoms with Crippen LogP contribution in [-0.2, 0) is 4.79 Å². The molecule has 0 fully saturated rings. The highest BCUT2D eigenvalue weighted by Gasteiger charge is 2.08. The highest BCUT2D eigenvalue weighted by molar-refractivity contribution is 5.80. The van der Waals surface area contributed by atoms with Gasteiger partial charge in [-0.25, -0.2) is 0 Å². The minimum atomic E-state index is -0.183. The SMILES string of the molecule is COc1cc(C=O)cc(C#CC=O)c1O. The number of methoxy groups -OCH3 is 1. The van der Waals surface area contributed by atoms with Crippen LogP contribution < -0.4 is 4.74 Å². The molecule has 0 heterocycles. The number of ether oxygens (including phenoxy) is 1. The first-order valence-corrected chi connectivity index (χ1v) is 4.04. The summed E-state index contributed by atoms with van der Waals surface area (Å²) in [5.74, 6) is 4.52. The molecule has 0 radical (unpaired) electrons. The van der Waals surface area contributed by atoms with Gasteiger partial charge in [0, 0.05) is 5.56 Å². The Balaban J connectivity index is 3.35. The van der Waals surface area contributed by atoms with E-state index in [1.807, 2.05) is 0 Å². The molecular formula is C11H8O4. The summed E-state index contributed by atoms with van der Waals surface area (Å²) in [7, 11) is 1.36. The number of phenols is 1. The Labute approximate surface area is 86.5 Å². The molecule has 1 rings (SSSR count). The maximum absolute atomic E-state index is 10.6. The largest absolute Gasteiger partial charge is 0.503 e. The predicted molar refractivity (Wildman–Crippen MR) is 53.0 cm³/mol. The van der Waals surface area contributed by atoms with Gasteiger partial charge in [-0.05, 0) is 18.1 Å². The summed E-state index contributed by atoms with van der Waals surface area (Å²) in [4.78, 5) is 20.6.